The quantitative estimate of drug-likeness (QED) is 0.177. The van der Waals surface area contributed by atoms with Crippen LogP contribution in [0.4, 0.5) is 0 Å². The monoisotopic (exact) mass is 602 g/mol. The van der Waals surface area contributed by atoms with Crippen LogP contribution in [0, 0.1) is 13.8 Å². The average Bonchev–Trinajstić information content (AvgIpc) is 3.29. The second-order valence-electron chi connectivity index (χ2n) is 12.6. The fourth-order valence-corrected chi connectivity index (χ4v) is 11.2. The number of hydrogen-bond acceptors (Lipinski definition) is 2. The number of ether oxygens (including phenoxy) is 2. The number of hydrogen-bond donors (Lipinski definition) is 0. The molecule has 1 aliphatic rings. The minimum atomic E-state index is -2.54. The predicted octanol–water partition coefficient (Wildman–Crippen LogP) is 10.9. The third kappa shape index (κ3) is 4.70. The maximum Gasteiger partial charge on any atom is 0.126 e. The van der Waals surface area contributed by atoms with Gasteiger partial charge >= 0.3 is 0 Å². The van der Waals surface area contributed by atoms with Gasteiger partial charge < -0.3 is 9.47 Å². The molecular weight excluding hydrogens is 565 g/mol. The van der Waals surface area contributed by atoms with Crippen LogP contribution in [-0.4, -0.2) is 22.3 Å². The van der Waals surface area contributed by atoms with E-state index in [0.717, 1.165) is 11.5 Å². The van der Waals surface area contributed by atoms with Crippen molar-refractivity contribution in [2.45, 2.75) is 26.9 Å². The molecular formula is C42H38O2Si. The largest absolute Gasteiger partial charge is 0.496 e. The summed E-state index contributed by atoms with van der Waals surface area (Å²) in [5.41, 5.74) is 9.91. The predicted molar refractivity (Wildman–Crippen MR) is 194 cm³/mol. The first kappa shape index (κ1) is 28.9. The van der Waals surface area contributed by atoms with Crippen molar-refractivity contribution in [1.29, 1.82) is 0 Å². The smallest absolute Gasteiger partial charge is 0.126 e. The highest BCUT2D eigenvalue weighted by molar-refractivity contribution is 7.13. The lowest BCUT2D eigenvalue weighted by atomic mass is 9.86. The molecule has 1 heterocycles. The molecule has 0 saturated carbocycles. The van der Waals surface area contributed by atoms with Crippen LogP contribution in [0.15, 0.2) is 121 Å². The van der Waals surface area contributed by atoms with Gasteiger partial charge in [-0.2, -0.15) is 0 Å². The van der Waals surface area contributed by atoms with E-state index in [-0.39, 0.29) is 0 Å². The number of allylic oxidation sites excluding steroid dienone is 2. The van der Waals surface area contributed by atoms with Gasteiger partial charge in [-0.1, -0.05) is 133 Å². The van der Waals surface area contributed by atoms with Gasteiger partial charge in [-0.3, -0.25) is 0 Å². The Labute approximate surface area is 267 Å². The first-order valence-electron chi connectivity index (χ1n) is 15.6. The van der Waals surface area contributed by atoms with Gasteiger partial charge in [-0.05, 0) is 80.2 Å². The molecule has 0 bridgehead atoms. The fraction of sp³-hybridized carbons (Fsp3) is 0.143. The first-order valence-corrected chi connectivity index (χ1v) is 18.6. The Bertz CT molecular complexity index is 2030. The first-order chi connectivity index (χ1) is 21.8. The number of fused-ring (bicyclic) bond motifs is 2. The molecule has 6 aromatic carbocycles. The van der Waals surface area contributed by atoms with Gasteiger partial charge in [0, 0.05) is 11.1 Å². The maximum atomic E-state index is 6.23. The summed E-state index contributed by atoms with van der Waals surface area (Å²) < 4.78 is 12.5. The maximum absolute atomic E-state index is 6.23. The lowest BCUT2D eigenvalue weighted by Gasteiger charge is -2.29. The van der Waals surface area contributed by atoms with Crippen LogP contribution in [-0.2, 0) is 0 Å². The van der Waals surface area contributed by atoms with Crippen molar-refractivity contribution in [2.75, 3.05) is 14.2 Å². The molecule has 0 fully saturated rings. The second kappa shape index (κ2) is 11.2. The van der Waals surface area contributed by atoms with Crippen LogP contribution in [0.5, 0.6) is 11.5 Å². The zero-order valence-corrected chi connectivity index (χ0v) is 27.9. The molecule has 0 unspecified atom stereocenters. The molecule has 0 N–H and O–H groups in total. The van der Waals surface area contributed by atoms with Crippen LogP contribution in [0.25, 0.3) is 43.1 Å². The van der Waals surface area contributed by atoms with E-state index >= 15 is 0 Å². The summed E-state index contributed by atoms with van der Waals surface area (Å²) in [6.45, 7) is 9.40. The number of methoxy groups -OCH3 is 2. The van der Waals surface area contributed by atoms with Gasteiger partial charge in [-0.25, -0.2) is 0 Å². The summed E-state index contributed by atoms with van der Waals surface area (Å²) in [5.74, 6) is 1.81. The van der Waals surface area contributed by atoms with E-state index in [9.17, 15) is 0 Å². The van der Waals surface area contributed by atoms with Crippen molar-refractivity contribution in [1.82, 2.24) is 0 Å². The number of benzene rings is 6. The number of rotatable bonds is 6. The summed E-state index contributed by atoms with van der Waals surface area (Å²) in [4.78, 5) is 0. The van der Waals surface area contributed by atoms with Crippen LogP contribution in [0.1, 0.15) is 33.4 Å². The minimum absolute atomic E-state index is 0.907. The van der Waals surface area contributed by atoms with E-state index in [0.29, 0.717) is 0 Å². The fourth-order valence-electron chi connectivity index (χ4n) is 7.41. The zero-order valence-electron chi connectivity index (χ0n) is 26.9. The van der Waals surface area contributed by atoms with E-state index in [4.69, 9.17) is 9.47 Å². The summed E-state index contributed by atoms with van der Waals surface area (Å²) in [6.07, 6.45) is 0. The highest BCUT2D eigenvalue weighted by Crippen LogP contribution is 2.59. The van der Waals surface area contributed by atoms with Gasteiger partial charge in [0.2, 0.25) is 0 Å². The van der Waals surface area contributed by atoms with Crippen LogP contribution < -0.4 is 9.47 Å². The molecule has 0 aromatic heterocycles. The van der Waals surface area contributed by atoms with E-state index in [1.54, 1.807) is 14.2 Å². The van der Waals surface area contributed by atoms with Crippen molar-refractivity contribution in [2.24, 2.45) is 0 Å². The minimum Gasteiger partial charge on any atom is -0.496 e. The molecule has 6 aromatic rings. The van der Waals surface area contributed by atoms with Gasteiger partial charge in [0.15, 0.2) is 0 Å². The lowest BCUT2D eigenvalue weighted by Crippen LogP contribution is -2.29. The zero-order chi connectivity index (χ0) is 31.3. The van der Waals surface area contributed by atoms with Crippen LogP contribution in [0.2, 0.25) is 13.1 Å². The molecule has 0 aliphatic carbocycles. The van der Waals surface area contributed by atoms with E-state index in [1.165, 1.54) is 76.5 Å². The average molecular weight is 603 g/mol. The van der Waals surface area contributed by atoms with E-state index in [1.807, 2.05) is 0 Å². The molecule has 0 spiro atoms. The normalized spacial score (nSPS) is 14.4. The molecule has 0 saturated heterocycles. The second-order valence-corrected chi connectivity index (χ2v) is 16.8. The van der Waals surface area contributed by atoms with Crippen molar-refractivity contribution in [3.8, 4) is 11.5 Å². The Kier molecular flexibility index (Phi) is 7.22. The van der Waals surface area contributed by atoms with Gasteiger partial charge in [0.25, 0.3) is 0 Å². The van der Waals surface area contributed by atoms with Crippen LogP contribution in [0.3, 0.4) is 0 Å². The molecule has 7 rings (SSSR count). The Balaban J connectivity index is 1.73. The molecule has 2 nitrogen and oxygen atoms in total. The molecule has 1 aliphatic heterocycles. The number of aryl methyl sites for hydroxylation is 2. The Morgan fingerprint density at radius 3 is 1.29 bits per heavy atom. The lowest BCUT2D eigenvalue weighted by molar-refractivity contribution is 0.414. The standard InChI is InChI=1S/C42H38O2Si/c1-27-13-11-17-31(25-27)37-38(32-18-12-14-28(2)26-32)42(40-34-20-10-8-16-30(34)22-24-36(40)44-4)45(5,6)41(37)39-33-19-9-7-15-29(33)21-23-35(39)43-3/h7-26H,1-6H3. The summed E-state index contributed by atoms with van der Waals surface area (Å²) in [7, 11) is 1.06. The van der Waals surface area contributed by atoms with Gasteiger partial charge in [-0.15, -0.1) is 0 Å². The Hall–Kier alpha value is -4.86. The third-order valence-corrected chi connectivity index (χ3v) is 12.8. The topological polar surface area (TPSA) is 18.5 Å². The molecule has 45 heavy (non-hydrogen) atoms. The highest BCUT2D eigenvalue weighted by Gasteiger charge is 2.46. The van der Waals surface area contributed by atoms with Crippen molar-refractivity contribution >= 4 is 51.2 Å². The van der Waals surface area contributed by atoms with Crippen LogP contribution >= 0.6 is 0 Å². The van der Waals surface area contributed by atoms with E-state index in [2.05, 4.69) is 148 Å². The summed E-state index contributed by atoms with van der Waals surface area (Å²) in [6, 6.07) is 44.1. The highest BCUT2D eigenvalue weighted by atomic mass is 28.3. The summed E-state index contributed by atoms with van der Waals surface area (Å²) >= 11 is 0. The van der Waals surface area contributed by atoms with Crippen molar-refractivity contribution in [3.63, 3.8) is 0 Å². The Morgan fingerprint density at radius 1 is 0.467 bits per heavy atom. The molecule has 0 radical (unpaired) electrons. The SMILES string of the molecule is COc1ccc2ccccc2c1C1=C(c2cccc(C)c2)C(c2cccc(C)c2)=C(c2c(OC)ccc3ccccc23)[Si]1(C)C. The van der Waals surface area contributed by atoms with Gasteiger partial charge in [0.05, 0.1) is 14.2 Å². The van der Waals surface area contributed by atoms with E-state index < -0.39 is 8.07 Å². The van der Waals surface area contributed by atoms with Crippen molar-refractivity contribution < 1.29 is 9.47 Å². The Morgan fingerprint density at radius 2 is 0.889 bits per heavy atom. The molecule has 0 amide bonds. The summed E-state index contributed by atoms with van der Waals surface area (Å²) in [5, 5.41) is 7.64. The van der Waals surface area contributed by atoms with Crippen molar-refractivity contribution in [3.05, 3.63) is 155 Å². The third-order valence-electron chi connectivity index (χ3n) is 9.33. The molecule has 222 valence electrons. The molecule has 3 heteroatoms. The van der Waals surface area contributed by atoms with Gasteiger partial charge in [0.1, 0.15) is 19.6 Å². The molecule has 0 atom stereocenters.